The molecule has 1 saturated heterocycles. The molecular weight excluding hydrogens is 302 g/mol. The number of carbonyl (C=O) groups is 1. The van der Waals surface area contributed by atoms with E-state index in [2.05, 4.69) is 15.5 Å². The Labute approximate surface area is 125 Å². The highest BCUT2D eigenvalue weighted by Gasteiger charge is 2.25. The van der Waals surface area contributed by atoms with Gasteiger partial charge in [-0.15, -0.1) is 16.9 Å². The van der Waals surface area contributed by atoms with Gasteiger partial charge in [0.15, 0.2) is 5.17 Å². The summed E-state index contributed by atoms with van der Waals surface area (Å²) in [6.07, 6.45) is 1.71. The number of halogens is 1. The summed E-state index contributed by atoms with van der Waals surface area (Å²) in [4.78, 5) is 12.3. The Balaban J connectivity index is 1.77. The first-order chi connectivity index (χ1) is 9.15. The first-order valence-corrected chi connectivity index (χ1v) is 7.85. The van der Waals surface area contributed by atoms with Crippen LogP contribution in [0.25, 0.3) is 0 Å². The van der Waals surface area contributed by atoms with E-state index in [1.54, 1.807) is 18.0 Å². The molecule has 1 aromatic rings. The number of hydrogen-bond acceptors (Lipinski definition) is 5. The number of nitrogens with one attached hydrogen (secondary N) is 1. The molecule has 0 spiro atoms. The molecule has 0 radical (unpaired) electrons. The fourth-order valence-corrected chi connectivity index (χ4v) is 2.84. The molecule has 7 heteroatoms. The minimum absolute atomic E-state index is 0.0190. The van der Waals surface area contributed by atoms with Crippen LogP contribution >= 0.6 is 35.1 Å². The first-order valence-electron chi connectivity index (χ1n) is 5.60. The average molecular weight is 314 g/mol. The topological polar surface area (TPSA) is 53.8 Å². The summed E-state index contributed by atoms with van der Waals surface area (Å²) in [6.45, 7) is 1.84. The van der Waals surface area contributed by atoms with Gasteiger partial charge in [0.05, 0.1) is 5.25 Å². The van der Waals surface area contributed by atoms with Crippen LogP contribution in [-0.4, -0.2) is 28.3 Å². The van der Waals surface area contributed by atoms with E-state index in [1.807, 2.05) is 31.2 Å². The standard InChI is InChI=1S/C12H12ClN3OS2/c1-8-11(17)15-12(19-8)16-14-6-7-18-10-4-2-9(13)3-5-10/h2-6,8H,7H2,1H3,(H,15,16,17)/b14-6+. The molecule has 19 heavy (non-hydrogen) atoms. The van der Waals surface area contributed by atoms with Crippen molar-refractivity contribution in [1.82, 2.24) is 5.32 Å². The van der Waals surface area contributed by atoms with Crippen LogP contribution in [0, 0.1) is 0 Å². The van der Waals surface area contributed by atoms with Crippen LogP contribution < -0.4 is 5.32 Å². The van der Waals surface area contributed by atoms with E-state index in [-0.39, 0.29) is 11.2 Å². The third-order valence-electron chi connectivity index (χ3n) is 2.26. The zero-order valence-corrected chi connectivity index (χ0v) is 12.6. The van der Waals surface area contributed by atoms with E-state index >= 15 is 0 Å². The zero-order chi connectivity index (χ0) is 13.7. The molecule has 1 aliphatic rings. The van der Waals surface area contributed by atoms with E-state index < -0.39 is 0 Å². The fraction of sp³-hybridized carbons (Fsp3) is 0.250. The Morgan fingerprint density at radius 2 is 2.21 bits per heavy atom. The summed E-state index contributed by atoms with van der Waals surface area (Å²) < 4.78 is 0. The van der Waals surface area contributed by atoms with Crippen molar-refractivity contribution in [2.24, 2.45) is 10.2 Å². The normalized spacial score (nSPS) is 21.3. The van der Waals surface area contributed by atoms with Crippen molar-refractivity contribution >= 4 is 52.4 Å². The second kappa shape index (κ2) is 6.98. The number of amidine groups is 1. The molecular formula is C12H12ClN3OS2. The molecule has 0 saturated carbocycles. The van der Waals surface area contributed by atoms with Crippen molar-refractivity contribution < 1.29 is 4.79 Å². The lowest BCUT2D eigenvalue weighted by atomic mass is 10.4. The second-order valence-corrected chi connectivity index (χ2v) is 6.58. The minimum atomic E-state index is -0.0857. The molecule has 2 rings (SSSR count). The van der Waals surface area contributed by atoms with Crippen molar-refractivity contribution in [2.75, 3.05) is 5.75 Å². The van der Waals surface area contributed by atoms with Gasteiger partial charge in [0.25, 0.3) is 0 Å². The highest BCUT2D eigenvalue weighted by atomic mass is 35.5. The molecule has 1 atom stereocenters. The van der Waals surface area contributed by atoms with Crippen LogP contribution in [0.3, 0.4) is 0 Å². The van der Waals surface area contributed by atoms with Crippen molar-refractivity contribution in [3.8, 4) is 0 Å². The van der Waals surface area contributed by atoms with Crippen molar-refractivity contribution in [3.63, 3.8) is 0 Å². The van der Waals surface area contributed by atoms with E-state index in [4.69, 9.17) is 11.6 Å². The monoisotopic (exact) mass is 313 g/mol. The molecule has 4 nitrogen and oxygen atoms in total. The molecule has 0 aliphatic carbocycles. The maximum atomic E-state index is 11.2. The van der Waals surface area contributed by atoms with Crippen LogP contribution in [0.5, 0.6) is 0 Å². The second-order valence-electron chi connectivity index (χ2n) is 3.72. The SMILES string of the molecule is CC1S/C(=N/N=C/CSc2ccc(Cl)cc2)NC1=O. The van der Waals surface area contributed by atoms with Crippen LogP contribution in [0.15, 0.2) is 39.4 Å². The Hall–Kier alpha value is -0.980. The molecule has 1 unspecified atom stereocenters. The van der Waals surface area contributed by atoms with Gasteiger partial charge < -0.3 is 5.32 Å². The van der Waals surface area contributed by atoms with E-state index in [0.29, 0.717) is 10.9 Å². The van der Waals surface area contributed by atoms with E-state index in [0.717, 1.165) is 9.92 Å². The summed E-state index contributed by atoms with van der Waals surface area (Å²) in [7, 11) is 0. The van der Waals surface area contributed by atoms with Gasteiger partial charge in [-0.1, -0.05) is 23.4 Å². The maximum absolute atomic E-state index is 11.2. The zero-order valence-electron chi connectivity index (χ0n) is 10.2. The largest absolute Gasteiger partial charge is 0.303 e. The van der Waals surface area contributed by atoms with Crippen LogP contribution in [0.1, 0.15) is 6.92 Å². The average Bonchev–Trinajstić information content (AvgIpc) is 2.71. The Morgan fingerprint density at radius 1 is 1.47 bits per heavy atom. The minimum Gasteiger partial charge on any atom is -0.303 e. The molecule has 100 valence electrons. The number of carbonyl (C=O) groups excluding carboxylic acids is 1. The number of nitrogens with zero attached hydrogens (tertiary/aromatic N) is 2. The molecule has 1 aromatic carbocycles. The number of rotatable bonds is 4. The molecule has 1 fully saturated rings. The number of benzene rings is 1. The van der Waals surface area contributed by atoms with Gasteiger partial charge >= 0.3 is 0 Å². The molecule has 1 N–H and O–H groups in total. The smallest absolute Gasteiger partial charge is 0.239 e. The Bertz CT molecular complexity index is 516. The van der Waals surface area contributed by atoms with Crippen molar-refractivity contribution in [1.29, 1.82) is 0 Å². The van der Waals surface area contributed by atoms with Gasteiger partial charge in [0, 0.05) is 21.9 Å². The lowest BCUT2D eigenvalue weighted by molar-refractivity contribution is -0.118. The molecule has 1 heterocycles. The van der Waals surface area contributed by atoms with Gasteiger partial charge in [-0.25, -0.2) is 0 Å². The predicted octanol–water partition coefficient (Wildman–Crippen LogP) is 3.03. The van der Waals surface area contributed by atoms with Crippen LogP contribution in [0.2, 0.25) is 5.02 Å². The van der Waals surface area contributed by atoms with Crippen molar-refractivity contribution in [3.05, 3.63) is 29.3 Å². The fourth-order valence-electron chi connectivity index (χ4n) is 1.30. The maximum Gasteiger partial charge on any atom is 0.239 e. The summed E-state index contributed by atoms with van der Waals surface area (Å²) in [6, 6.07) is 7.63. The van der Waals surface area contributed by atoms with Crippen LogP contribution in [-0.2, 0) is 4.79 Å². The van der Waals surface area contributed by atoms with E-state index in [9.17, 15) is 4.79 Å². The lowest BCUT2D eigenvalue weighted by Gasteiger charge is -1.96. The summed E-state index contributed by atoms with van der Waals surface area (Å²) in [5.74, 6) is 0.696. The number of amides is 1. The highest BCUT2D eigenvalue weighted by Crippen LogP contribution is 2.20. The van der Waals surface area contributed by atoms with Crippen LogP contribution in [0.4, 0.5) is 0 Å². The number of thioether (sulfide) groups is 2. The quantitative estimate of drug-likeness (QED) is 0.528. The van der Waals surface area contributed by atoms with Gasteiger partial charge in [-0.05, 0) is 31.2 Å². The third kappa shape index (κ3) is 4.56. The summed E-state index contributed by atoms with van der Waals surface area (Å²) in [5, 5.41) is 11.7. The van der Waals surface area contributed by atoms with Gasteiger partial charge in [-0.2, -0.15) is 5.10 Å². The molecule has 0 bridgehead atoms. The molecule has 1 amide bonds. The number of hydrogen-bond donors (Lipinski definition) is 1. The lowest BCUT2D eigenvalue weighted by Crippen LogP contribution is -2.23. The Morgan fingerprint density at radius 3 is 2.84 bits per heavy atom. The van der Waals surface area contributed by atoms with Gasteiger partial charge in [0.1, 0.15) is 0 Å². The van der Waals surface area contributed by atoms with Gasteiger partial charge in [0.2, 0.25) is 5.91 Å². The summed E-state index contributed by atoms with van der Waals surface area (Å²) >= 11 is 8.83. The summed E-state index contributed by atoms with van der Waals surface area (Å²) in [5.41, 5.74) is 0. The molecule has 1 aliphatic heterocycles. The first kappa shape index (κ1) is 14.4. The van der Waals surface area contributed by atoms with Gasteiger partial charge in [-0.3, -0.25) is 4.79 Å². The predicted molar refractivity (Wildman–Crippen MR) is 83.3 cm³/mol. The highest BCUT2D eigenvalue weighted by molar-refractivity contribution is 8.15. The van der Waals surface area contributed by atoms with E-state index in [1.165, 1.54) is 11.8 Å². The van der Waals surface area contributed by atoms with Crippen molar-refractivity contribution in [2.45, 2.75) is 17.1 Å². The molecule has 0 aromatic heterocycles. The Kier molecular flexibility index (Phi) is 5.30. The third-order valence-corrected chi connectivity index (χ3v) is 4.40.